The predicted octanol–water partition coefficient (Wildman–Crippen LogP) is -36.9. The average Bonchev–Trinajstić information content (AvgIpc) is 0. The fourth-order valence-electron chi connectivity index (χ4n) is 0. The van der Waals surface area contributed by atoms with E-state index in [4.69, 9.17) is 0 Å². The Kier molecular flexibility index (Phi) is 1420. The normalized spacial score (nSPS) is 0. The summed E-state index contributed by atoms with van der Waals surface area (Å²) in [5.74, 6) is 0. The van der Waals surface area contributed by atoms with Crippen LogP contribution in [0, 0.1) is 0 Å². The van der Waals surface area contributed by atoms with Gasteiger partial charge in [0.05, 0.1) is 0 Å². The molecular formula is Ag4K12O8. The second-order valence-corrected chi connectivity index (χ2v) is 0. The largest absolute Gasteiger partial charge is 2.00 e. The first-order chi connectivity index (χ1) is 0. The van der Waals surface area contributed by atoms with E-state index < -0.39 is 0 Å². The van der Waals surface area contributed by atoms with Crippen LogP contribution in [0.25, 0.3) is 0 Å². The van der Waals surface area contributed by atoms with Crippen LogP contribution in [0.2, 0.25) is 0 Å². The van der Waals surface area contributed by atoms with E-state index in [0.717, 1.165) is 0 Å². The van der Waals surface area contributed by atoms with E-state index in [1.807, 2.05) is 0 Å². The molecule has 0 aromatic rings. The van der Waals surface area contributed by atoms with E-state index in [0.29, 0.717) is 0 Å². The Morgan fingerprint density at radius 2 is 0.125 bits per heavy atom. The van der Waals surface area contributed by atoms with Crippen LogP contribution in [-0.4, -0.2) is 0 Å². The molecule has 0 heterocycles. The number of rotatable bonds is 0. The SMILES string of the molecule is [Ag+].[Ag+].[Ag+].[Ag+].[K+].[K+].[K+].[K+].[K+].[K+].[K+].[K+].[K+].[K+].[K+].[K+].[O-2].[O-2].[O-2].[O-2].[O-2].[O-2].[O-2].[O-2]. The van der Waals surface area contributed by atoms with Crippen LogP contribution in [0.15, 0.2) is 0 Å². The molecule has 24 heteroatoms. The zero-order chi connectivity index (χ0) is 0. The third kappa shape index (κ3) is 167. The molecular weight excluding hydrogens is 1030 g/mol. The minimum Gasteiger partial charge on any atom is -2.00 e. The first-order valence-corrected chi connectivity index (χ1v) is 0. The Morgan fingerprint density at radius 1 is 0.125 bits per heavy atom. The van der Waals surface area contributed by atoms with Gasteiger partial charge in [-0.25, -0.2) is 0 Å². The number of hydrogen-bond acceptors (Lipinski definition) is 0. The van der Waals surface area contributed by atoms with Crippen LogP contribution in [-0.2, 0) is 133 Å². The van der Waals surface area contributed by atoms with Crippen molar-refractivity contribution in [3.8, 4) is 0 Å². The van der Waals surface area contributed by atoms with Gasteiger partial charge in [-0.1, -0.05) is 0 Å². The molecule has 0 spiro atoms. The molecule has 0 aliphatic heterocycles. The maximum Gasteiger partial charge on any atom is 1.00 e. The van der Waals surface area contributed by atoms with Gasteiger partial charge in [-0.05, 0) is 0 Å². The van der Waals surface area contributed by atoms with Gasteiger partial charge in [0, 0.05) is 0 Å². The smallest absolute Gasteiger partial charge is 1.00 e. The summed E-state index contributed by atoms with van der Waals surface area (Å²) in [5.41, 5.74) is 0. The molecule has 24 heavy (non-hydrogen) atoms. The molecule has 0 radical (unpaired) electrons. The minimum absolute atomic E-state index is 0. The second kappa shape index (κ2) is 179. The molecule has 0 rings (SSSR count). The number of hydrogen-bond donors (Lipinski definition) is 0. The van der Waals surface area contributed by atoms with E-state index in [1.54, 1.807) is 0 Å². The zero-order valence-electron chi connectivity index (χ0n) is 16.5. The van der Waals surface area contributed by atoms with E-state index >= 15 is 0 Å². The maximum atomic E-state index is 0. The summed E-state index contributed by atoms with van der Waals surface area (Å²) in [6, 6.07) is 0. The van der Waals surface area contributed by atoms with Crippen molar-refractivity contribution in [1.29, 1.82) is 0 Å². The first kappa shape index (κ1) is 191. The molecule has 0 aromatic carbocycles. The Morgan fingerprint density at radius 3 is 0.125 bits per heavy atom. The third-order valence-corrected chi connectivity index (χ3v) is 0. The van der Waals surface area contributed by atoms with Crippen molar-refractivity contribution in [1.82, 2.24) is 0 Å². The minimum atomic E-state index is 0. The third-order valence-electron chi connectivity index (χ3n) is 0. The average molecular weight is 1030 g/mol. The Balaban J connectivity index is 0. The van der Waals surface area contributed by atoms with Crippen molar-refractivity contribution in [2.24, 2.45) is 0 Å². The molecule has 0 aliphatic rings. The molecule has 0 aromatic heterocycles. The van der Waals surface area contributed by atoms with Gasteiger partial charge in [-0.2, -0.15) is 0 Å². The predicted molar refractivity (Wildman–Crippen MR) is 5.49 cm³/mol. The van der Waals surface area contributed by atoms with E-state index in [1.165, 1.54) is 0 Å². The summed E-state index contributed by atoms with van der Waals surface area (Å²) >= 11 is 0. The summed E-state index contributed by atoms with van der Waals surface area (Å²) in [6.07, 6.45) is 0. The van der Waals surface area contributed by atoms with Crippen molar-refractivity contribution in [2.75, 3.05) is 0 Å². The van der Waals surface area contributed by atoms with Gasteiger partial charge in [0.1, 0.15) is 0 Å². The van der Waals surface area contributed by atoms with Gasteiger partial charge in [-0.3, -0.25) is 0 Å². The van der Waals surface area contributed by atoms with Gasteiger partial charge in [0.2, 0.25) is 0 Å². The molecule has 0 saturated carbocycles. The van der Waals surface area contributed by atoms with Crippen molar-refractivity contribution in [3.05, 3.63) is 0 Å². The molecule has 104 valence electrons. The van der Waals surface area contributed by atoms with Crippen LogP contribution < -0.4 is 617 Å². The summed E-state index contributed by atoms with van der Waals surface area (Å²) < 4.78 is 0. The first-order valence-electron chi connectivity index (χ1n) is 0. The molecule has 0 saturated heterocycles. The zero-order valence-corrected chi connectivity index (χ0v) is 59.9. The summed E-state index contributed by atoms with van der Waals surface area (Å²) in [7, 11) is 0. The molecule has 0 aliphatic carbocycles. The fourth-order valence-corrected chi connectivity index (χ4v) is 0. The van der Waals surface area contributed by atoms with Crippen molar-refractivity contribution in [3.63, 3.8) is 0 Å². The van der Waals surface area contributed by atoms with Crippen LogP contribution in [0.1, 0.15) is 0 Å². The van der Waals surface area contributed by atoms with Crippen LogP contribution in [0.4, 0.5) is 0 Å². The summed E-state index contributed by atoms with van der Waals surface area (Å²) in [5, 5.41) is 0. The van der Waals surface area contributed by atoms with Crippen LogP contribution >= 0.6 is 0 Å². The van der Waals surface area contributed by atoms with Crippen molar-refractivity contribution in [2.45, 2.75) is 0 Å². The summed E-state index contributed by atoms with van der Waals surface area (Å²) in [6.45, 7) is 0. The topological polar surface area (TPSA) is 228 Å². The second-order valence-electron chi connectivity index (χ2n) is 0. The van der Waals surface area contributed by atoms with Gasteiger partial charge in [0.25, 0.3) is 0 Å². The Hall–Kier alpha value is 22.3. The van der Waals surface area contributed by atoms with Gasteiger partial charge < -0.3 is 43.8 Å². The monoisotopic (exact) mass is 1020 g/mol. The quantitative estimate of drug-likeness (QED) is 0.206. The summed E-state index contributed by atoms with van der Waals surface area (Å²) in [4.78, 5) is 0. The molecule has 0 atom stereocenters. The van der Waals surface area contributed by atoms with Gasteiger partial charge >= 0.3 is 706 Å². The van der Waals surface area contributed by atoms with E-state index in [-0.39, 0.29) is 750 Å². The van der Waals surface area contributed by atoms with Gasteiger partial charge in [-0.15, -0.1) is 0 Å². The van der Waals surface area contributed by atoms with Crippen molar-refractivity contribution >= 4 is 0 Å². The molecule has 0 unspecified atom stereocenters. The van der Waals surface area contributed by atoms with Crippen LogP contribution in [0.3, 0.4) is 0 Å². The maximum absolute atomic E-state index is 0. The molecule has 0 amide bonds. The standard InChI is InChI=1S/4Ag.12K.8O/q16*+1;8*-2. The van der Waals surface area contributed by atoms with Gasteiger partial charge in [0.15, 0.2) is 0 Å². The fraction of sp³-hybridized carbons (Fsp3) is 0. The van der Waals surface area contributed by atoms with Crippen LogP contribution in [0.5, 0.6) is 0 Å². The molecule has 0 N–H and O–H groups in total. The molecule has 8 nitrogen and oxygen atoms in total. The Bertz CT molecular complexity index is 35.0. The molecule has 0 bridgehead atoms. The molecule has 0 fully saturated rings. The van der Waals surface area contributed by atoms with Crippen molar-refractivity contribution < 1.29 is 750 Å². The van der Waals surface area contributed by atoms with E-state index in [2.05, 4.69) is 0 Å². The van der Waals surface area contributed by atoms with E-state index in [9.17, 15) is 0 Å². The Labute approximate surface area is 719 Å².